The van der Waals surface area contributed by atoms with Crippen LogP contribution in [0.5, 0.6) is 0 Å². The van der Waals surface area contributed by atoms with E-state index < -0.39 is 0 Å². The van der Waals surface area contributed by atoms with Crippen molar-refractivity contribution in [1.29, 1.82) is 0 Å². The molecule has 0 bridgehead atoms. The van der Waals surface area contributed by atoms with Crippen molar-refractivity contribution in [2.75, 3.05) is 20.6 Å². The zero-order valence-corrected chi connectivity index (χ0v) is 16.3. The lowest BCUT2D eigenvalue weighted by molar-refractivity contribution is 0.0942. The van der Waals surface area contributed by atoms with Crippen molar-refractivity contribution in [2.24, 2.45) is 7.05 Å². The van der Waals surface area contributed by atoms with E-state index in [2.05, 4.69) is 15.2 Å². The van der Waals surface area contributed by atoms with Gasteiger partial charge >= 0.3 is 0 Å². The molecule has 7 heteroatoms. The summed E-state index contributed by atoms with van der Waals surface area (Å²) in [4.78, 5) is 29.9. The first-order chi connectivity index (χ1) is 12.9. The number of nitrogens with one attached hydrogen (secondary N) is 2. The van der Waals surface area contributed by atoms with Gasteiger partial charge in [0.05, 0.1) is 16.9 Å². The lowest BCUT2D eigenvalue weighted by Gasteiger charge is -2.25. The zero-order chi connectivity index (χ0) is 19.6. The molecule has 0 fully saturated rings. The van der Waals surface area contributed by atoms with Crippen molar-refractivity contribution in [1.82, 2.24) is 19.8 Å². The molecule has 0 aliphatic rings. The highest BCUT2D eigenvalue weighted by atomic mass is 32.1. The molecular formula is C20H22N4O2S. The van der Waals surface area contributed by atoms with Crippen LogP contribution in [0.2, 0.25) is 0 Å². The molecule has 1 aromatic heterocycles. The third kappa shape index (κ3) is 3.99. The Hall–Kier alpha value is -2.77. The van der Waals surface area contributed by atoms with E-state index >= 15 is 0 Å². The Balaban J connectivity index is 1.82. The molecule has 2 aromatic carbocycles. The minimum absolute atomic E-state index is 0.0636. The molecule has 140 valence electrons. The van der Waals surface area contributed by atoms with Gasteiger partial charge in [-0.1, -0.05) is 30.3 Å². The summed E-state index contributed by atoms with van der Waals surface area (Å²) in [5, 5.41) is 3.48. The Labute approximate surface area is 162 Å². The third-order valence-electron chi connectivity index (χ3n) is 4.63. The maximum Gasteiger partial charge on any atom is 0.261 e. The van der Waals surface area contributed by atoms with Crippen LogP contribution in [0.15, 0.2) is 53.3 Å². The second-order valence-corrected chi connectivity index (χ2v) is 7.04. The molecule has 3 rings (SSSR count). The van der Waals surface area contributed by atoms with Crippen LogP contribution in [0.25, 0.3) is 10.9 Å². The lowest BCUT2D eigenvalue weighted by Crippen LogP contribution is -2.34. The summed E-state index contributed by atoms with van der Waals surface area (Å²) in [6.07, 6.45) is 0. The Morgan fingerprint density at radius 1 is 1.22 bits per heavy atom. The monoisotopic (exact) mass is 382 g/mol. The van der Waals surface area contributed by atoms with Gasteiger partial charge in [0.1, 0.15) is 0 Å². The fourth-order valence-corrected chi connectivity index (χ4v) is 3.21. The van der Waals surface area contributed by atoms with Crippen molar-refractivity contribution in [2.45, 2.75) is 6.04 Å². The molecule has 0 aliphatic carbocycles. The summed E-state index contributed by atoms with van der Waals surface area (Å²) in [6.45, 7) is 0.473. The zero-order valence-electron chi connectivity index (χ0n) is 15.5. The Kier molecular flexibility index (Phi) is 5.53. The predicted octanol–water partition coefficient (Wildman–Crippen LogP) is 2.63. The first-order valence-corrected chi connectivity index (χ1v) is 9.02. The number of nitrogens with zero attached hydrogens (tertiary/aromatic N) is 2. The highest BCUT2D eigenvalue weighted by molar-refractivity contribution is 7.71. The minimum atomic E-state index is -0.195. The van der Waals surface area contributed by atoms with Crippen LogP contribution in [0.3, 0.4) is 0 Å². The van der Waals surface area contributed by atoms with Gasteiger partial charge in [-0.25, -0.2) is 0 Å². The molecule has 27 heavy (non-hydrogen) atoms. The summed E-state index contributed by atoms with van der Waals surface area (Å²) in [7, 11) is 5.58. The van der Waals surface area contributed by atoms with Gasteiger partial charge in [-0.3, -0.25) is 14.2 Å². The summed E-state index contributed by atoms with van der Waals surface area (Å²) in [5.74, 6) is -0.195. The minimum Gasteiger partial charge on any atom is -0.350 e. The summed E-state index contributed by atoms with van der Waals surface area (Å²) < 4.78 is 1.70. The molecule has 1 amide bonds. The number of likely N-dealkylation sites (N-methyl/N-ethyl adjacent to an activating group) is 1. The molecule has 0 aliphatic heterocycles. The average molecular weight is 382 g/mol. The predicted molar refractivity (Wildman–Crippen MR) is 110 cm³/mol. The van der Waals surface area contributed by atoms with Gasteiger partial charge in [0.15, 0.2) is 4.77 Å². The Morgan fingerprint density at radius 3 is 2.59 bits per heavy atom. The first-order valence-electron chi connectivity index (χ1n) is 8.61. The number of fused-ring (bicyclic) bond motifs is 1. The maximum atomic E-state index is 12.6. The number of aromatic nitrogens is 2. The topological polar surface area (TPSA) is 70.1 Å². The molecule has 3 aromatic rings. The van der Waals surface area contributed by atoms with Gasteiger partial charge in [0, 0.05) is 19.2 Å². The smallest absolute Gasteiger partial charge is 0.261 e. The van der Waals surface area contributed by atoms with E-state index in [0.717, 1.165) is 5.56 Å². The fourth-order valence-electron chi connectivity index (χ4n) is 3.01. The maximum absolute atomic E-state index is 12.6. The van der Waals surface area contributed by atoms with E-state index in [-0.39, 0.29) is 17.5 Å². The lowest BCUT2D eigenvalue weighted by atomic mass is 10.1. The average Bonchev–Trinajstić information content (AvgIpc) is 2.66. The van der Waals surface area contributed by atoms with E-state index in [4.69, 9.17) is 12.2 Å². The van der Waals surface area contributed by atoms with E-state index in [0.29, 0.717) is 27.8 Å². The largest absolute Gasteiger partial charge is 0.350 e. The first kappa shape index (κ1) is 19.0. The summed E-state index contributed by atoms with van der Waals surface area (Å²) in [5.41, 5.74) is 1.99. The summed E-state index contributed by atoms with van der Waals surface area (Å²) >= 11 is 5.15. The number of hydrogen-bond donors (Lipinski definition) is 2. The van der Waals surface area contributed by atoms with E-state index in [9.17, 15) is 9.59 Å². The highest BCUT2D eigenvalue weighted by Crippen LogP contribution is 2.17. The van der Waals surface area contributed by atoms with Crippen LogP contribution >= 0.6 is 12.2 Å². The normalized spacial score (nSPS) is 12.3. The van der Waals surface area contributed by atoms with E-state index in [1.54, 1.807) is 25.2 Å². The number of carbonyl (C=O) groups excluding carboxylic acids is 1. The van der Waals surface area contributed by atoms with Crippen LogP contribution in [0.1, 0.15) is 22.0 Å². The number of benzene rings is 2. The molecule has 6 nitrogen and oxygen atoms in total. The van der Waals surface area contributed by atoms with Gasteiger partial charge in [0.25, 0.3) is 11.5 Å². The van der Waals surface area contributed by atoms with Gasteiger partial charge in [-0.2, -0.15) is 0 Å². The number of H-pyrrole nitrogens is 1. The van der Waals surface area contributed by atoms with Crippen LogP contribution in [0, 0.1) is 4.77 Å². The number of carbonyl (C=O) groups is 1. The van der Waals surface area contributed by atoms with Crippen LogP contribution < -0.4 is 10.9 Å². The Morgan fingerprint density at radius 2 is 1.93 bits per heavy atom. The van der Waals surface area contributed by atoms with Crippen LogP contribution in [-0.4, -0.2) is 41.0 Å². The highest BCUT2D eigenvalue weighted by Gasteiger charge is 2.16. The number of aromatic amines is 1. The second kappa shape index (κ2) is 7.85. The SMILES string of the molecule is CN(C)C(CNC(=O)c1ccc2c(=O)n(C)c(=S)[nH]c2c1)c1ccccc1. The van der Waals surface area contributed by atoms with Crippen molar-refractivity contribution in [3.8, 4) is 0 Å². The molecule has 0 radical (unpaired) electrons. The molecule has 1 unspecified atom stereocenters. The number of hydrogen-bond acceptors (Lipinski definition) is 4. The van der Waals surface area contributed by atoms with Crippen molar-refractivity contribution in [3.63, 3.8) is 0 Å². The van der Waals surface area contributed by atoms with Gasteiger partial charge < -0.3 is 15.2 Å². The van der Waals surface area contributed by atoms with Gasteiger partial charge in [0.2, 0.25) is 0 Å². The fraction of sp³-hybridized carbons (Fsp3) is 0.250. The van der Waals surface area contributed by atoms with Crippen molar-refractivity contribution in [3.05, 3.63) is 74.8 Å². The Bertz CT molecular complexity index is 1090. The summed E-state index contributed by atoms with van der Waals surface area (Å²) in [6, 6.07) is 15.1. The molecule has 0 spiro atoms. The van der Waals surface area contributed by atoms with Crippen molar-refractivity contribution >= 4 is 29.0 Å². The van der Waals surface area contributed by atoms with Crippen LogP contribution in [0.4, 0.5) is 0 Å². The standard InChI is InChI=1S/C20H22N4O2S/c1-23(2)17(13-7-5-4-6-8-13)12-21-18(25)14-9-10-15-16(11-14)22-20(27)24(3)19(15)26/h4-11,17H,12H2,1-3H3,(H,21,25)(H,22,27). The molecule has 1 atom stereocenters. The van der Waals surface area contributed by atoms with E-state index in [1.807, 2.05) is 44.4 Å². The molecule has 2 N–H and O–H groups in total. The second-order valence-electron chi connectivity index (χ2n) is 6.65. The molecule has 1 heterocycles. The quantitative estimate of drug-likeness (QED) is 0.666. The van der Waals surface area contributed by atoms with Gasteiger partial charge in [-0.05, 0) is 50.1 Å². The molecular weight excluding hydrogens is 360 g/mol. The third-order valence-corrected chi connectivity index (χ3v) is 5.00. The van der Waals surface area contributed by atoms with E-state index in [1.165, 1.54) is 4.57 Å². The van der Waals surface area contributed by atoms with Crippen LogP contribution in [-0.2, 0) is 7.05 Å². The molecule has 0 saturated carbocycles. The molecule has 0 saturated heterocycles. The number of amides is 1. The van der Waals surface area contributed by atoms with Gasteiger partial charge in [-0.15, -0.1) is 0 Å². The van der Waals surface area contributed by atoms with Crippen molar-refractivity contribution < 1.29 is 4.79 Å². The number of rotatable bonds is 5.